The van der Waals surface area contributed by atoms with E-state index >= 15 is 0 Å². The number of para-hydroxylation sites is 1. The van der Waals surface area contributed by atoms with Gasteiger partial charge in [-0.1, -0.05) is 30.3 Å². The second kappa shape index (κ2) is 7.79. The number of fused-ring (bicyclic) bond motifs is 1. The van der Waals surface area contributed by atoms with Gasteiger partial charge in [-0.2, -0.15) is 0 Å². The fourth-order valence-corrected chi connectivity index (χ4v) is 4.06. The highest BCUT2D eigenvalue weighted by Gasteiger charge is 2.30. The molecule has 2 unspecified atom stereocenters. The lowest BCUT2D eigenvalue weighted by molar-refractivity contribution is -0.122. The van der Waals surface area contributed by atoms with Gasteiger partial charge in [0.25, 0.3) is 0 Å². The van der Waals surface area contributed by atoms with Gasteiger partial charge in [-0.05, 0) is 49.1 Å². The highest BCUT2D eigenvalue weighted by Crippen LogP contribution is 2.31. The van der Waals surface area contributed by atoms with E-state index in [1.807, 2.05) is 23.1 Å². The zero-order valence-electron chi connectivity index (χ0n) is 15.6. The Morgan fingerprint density at radius 3 is 2.78 bits per heavy atom. The highest BCUT2D eigenvalue weighted by molar-refractivity contribution is 5.96. The van der Waals surface area contributed by atoms with Crippen LogP contribution in [-0.2, 0) is 16.0 Å². The fraction of sp³-hybridized carbons (Fsp3) is 0.409. The predicted octanol–water partition coefficient (Wildman–Crippen LogP) is 3.57. The first-order chi connectivity index (χ1) is 13.1. The third-order valence-electron chi connectivity index (χ3n) is 5.54. The number of aryl methyl sites for hydroxylation is 1. The minimum absolute atomic E-state index is 0.127. The summed E-state index contributed by atoms with van der Waals surface area (Å²) in [5.74, 6) is -0.117. The molecule has 5 heteroatoms. The summed E-state index contributed by atoms with van der Waals surface area (Å²) >= 11 is 0. The topological polar surface area (TPSA) is 32.8 Å². The molecule has 1 fully saturated rings. The van der Waals surface area contributed by atoms with E-state index in [2.05, 4.69) is 17.9 Å². The summed E-state index contributed by atoms with van der Waals surface area (Å²) in [7, 11) is 0. The van der Waals surface area contributed by atoms with E-state index < -0.39 is 0 Å². The van der Waals surface area contributed by atoms with E-state index in [1.165, 1.54) is 17.7 Å². The van der Waals surface area contributed by atoms with Crippen LogP contribution in [0.25, 0.3) is 0 Å². The third kappa shape index (κ3) is 3.89. The molecule has 2 aliphatic heterocycles. The van der Waals surface area contributed by atoms with Crippen molar-refractivity contribution >= 4 is 11.6 Å². The number of hydrogen-bond donors (Lipinski definition) is 0. The van der Waals surface area contributed by atoms with E-state index in [-0.39, 0.29) is 23.9 Å². The van der Waals surface area contributed by atoms with Crippen LogP contribution in [0.1, 0.15) is 30.6 Å². The number of amides is 1. The quantitative estimate of drug-likeness (QED) is 0.830. The Morgan fingerprint density at radius 1 is 1.19 bits per heavy atom. The van der Waals surface area contributed by atoms with Crippen LogP contribution < -0.4 is 4.90 Å². The average Bonchev–Trinajstić information content (AvgIpc) is 2.68. The number of carbonyl (C=O) groups is 1. The Bertz CT molecular complexity index is 808. The maximum Gasteiger partial charge on any atom is 0.241 e. The summed E-state index contributed by atoms with van der Waals surface area (Å²) in [5.41, 5.74) is 3.24. The zero-order chi connectivity index (χ0) is 18.8. The molecule has 0 saturated carbocycles. The number of nitrogens with zero attached hydrogens (tertiary/aromatic N) is 2. The minimum atomic E-state index is -0.251. The van der Waals surface area contributed by atoms with Crippen LogP contribution in [0.5, 0.6) is 0 Å². The molecule has 2 heterocycles. The molecule has 0 aliphatic carbocycles. The van der Waals surface area contributed by atoms with Crippen molar-refractivity contribution in [2.75, 3.05) is 31.1 Å². The minimum Gasteiger partial charge on any atom is -0.371 e. The molecule has 27 heavy (non-hydrogen) atoms. The SMILES string of the molecule is CC1CCc2ccccc2N1C(=O)CN1CCOC(c2ccc(F)cc2)C1. The number of carbonyl (C=O) groups excluding carboxylic acids is 1. The van der Waals surface area contributed by atoms with Gasteiger partial charge < -0.3 is 9.64 Å². The van der Waals surface area contributed by atoms with Crippen LogP contribution >= 0.6 is 0 Å². The molecule has 2 aromatic rings. The van der Waals surface area contributed by atoms with E-state index in [1.54, 1.807) is 12.1 Å². The van der Waals surface area contributed by atoms with Crippen molar-refractivity contribution < 1.29 is 13.9 Å². The van der Waals surface area contributed by atoms with Crippen LogP contribution in [0.15, 0.2) is 48.5 Å². The van der Waals surface area contributed by atoms with Gasteiger partial charge >= 0.3 is 0 Å². The highest BCUT2D eigenvalue weighted by atomic mass is 19.1. The molecule has 0 spiro atoms. The molecule has 0 aromatic heterocycles. The molecular weight excluding hydrogens is 343 g/mol. The number of halogens is 1. The summed E-state index contributed by atoms with van der Waals surface area (Å²) in [6.07, 6.45) is 1.88. The van der Waals surface area contributed by atoms with Crippen molar-refractivity contribution in [3.05, 3.63) is 65.5 Å². The number of ether oxygens (including phenoxy) is 1. The summed E-state index contributed by atoms with van der Waals surface area (Å²) < 4.78 is 19.0. The second-order valence-electron chi connectivity index (χ2n) is 7.43. The first kappa shape index (κ1) is 18.1. The van der Waals surface area contributed by atoms with Gasteiger partial charge in [-0.3, -0.25) is 9.69 Å². The molecule has 2 aliphatic rings. The van der Waals surface area contributed by atoms with Gasteiger partial charge in [0.05, 0.1) is 19.3 Å². The summed E-state index contributed by atoms with van der Waals surface area (Å²) in [4.78, 5) is 17.2. The molecule has 142 valence electrons. The smallest absolute Gasteiger partial charge is 0.241 e. The lowest BCUT2D eigenvalue weighted by Crippen LogP contribution is -2.49. The first-order valence-corrected chi connectivity index (χ1v) is 9.61. The fourth-order valence-electron chi connectivity index (χ4n) is 4.06. The molecule has 0 radical (unpaired) electrons. The lowest BCUT2D eigenvalue weighted by Gasteiger charge is -2.38. The van der Waals surface area contributed by atoms with E-state index in [0.717, 1.165) is 30.6 Å². The van der Waals surface area contributed by atoms with Gasteiger partial charge in [0, 0.05) is 24.8 Å². The molecular formula is C22H25FN2O2. The normalized spacial score (nSPS) is 23.1. The predicted molar refractivity (Wildman–Crippen MR) is 103 cm³/mol. The van der Waals surface area contributed by atoms with Crippen LogP contribution in [0.2, 0.25) is 0 Å². The van der Waals surface area contributed by atoms with Gasteiger partial charge in [-0.25, -0.2) is 4.39 Å². The number of rotatable bonds is 3. The van der Waals surface area contributed by atoms with Crippen molar-refractivity contribution in [3.8, 4) is 0 Å². The standard InChI is InChI=1S/C22H25FN2O2/c1-16-6-7-17-4-2-3-5-20(17)25(16)22(26)15-24-12-13-27-21(14-24)18-8-10-19(23)11-9-18/h2-5,8-11,16,21H,6-7,12-15H2,1H3. The molecule has 2 atom stereocenters. The monoisotopic (exact) mass is 368 g/mol. The maximum atomic E-state index is 13.2. The van der Waals surface area contributed by atoms with Crippen molar-refractivity contribution in [3.63, 3.8) is 0 Å². The van der Waals surface area contributed by atoms with E-state index in [4.69, 9.17) is 4.74 Å². The van der Waals surface area contributed by atoms with Crippen LogP contribution in [-0.4, -0.2) is 43.1 Å². The molecule has 4 nitrogen and oxygen atoms in total. The Kier molecular flexibility index (Phi) is 5.23. The molecule has 2 aromatic carbocycles. The number of benzene rings is 2. The van der Waals surface area contributed by atoms with Gasteiger partial charge in [0.2, 0.25) is 5.91 Å². The Morgan fingerprint density at radius 2 is 1.96 bits per heavy atom. The van der Waals surface area contributed by atoms with Gasteiger partial charge in [-0.15, -0.1) is 0 Å². The lowest BCUT2D eigenvalue weighted by atomic mass is 9.96. The number of morpholine rings is 1. The van der Waals surface area contributed by atoms with Crippen molar-refractivity contribution in [1.82, 2.24) is 4.90 Å². The zero-order valence-corrected chi connectivity index (χ0v) is 15.6. The van der Waals surface area contributed by atoms with Crippen LogP contribution in [0.3, 0.4) is 0 Å². The third-order valence-corrected chi connectivity index (χ3v) is 5.54. The van der Waals surface area contributed by atoms with Crippen molar-refractivity contribution in [1.29, 1.82) is 0 Å². The Labute approximate surface area is 159 Å². The molecule has 0 N–H and O–H groups in total. The molecule has 1 saturated heterocycles. The summed E-state index contributed by atoms with van der Waals surface area (Å²) in [6, 6.07) is 14.8. The second-order valence-corrected chi connectivity index (χ2v) is 7.43. The number of hydrogen-bond acceptors (Lipinski definition) is 3. The first-order valence-electron chi connectivity index (χ1n) is 9.61. The largest absolute Gasteiger partial charge is 0.371 e. The molecule has 1 amide bonds. The van der Waals surface area contributed by atoms with Crippen molar-refractivity contribution in [2.45, 2.75) is 31.9 Å². The molecule has 0 bridgehead atoms. The van der Waals surface area contributed by atoms with E-state index in [9.17, 15) is 9.18 Å². The van der Waals surface area contributed by atoms with E-state index in [0.29, 0.717) is 19.7 Å². The number of anilines is 1. The van der Waals surface area contributed by atoms with Crippen LogP contribution in [0, 0.1) is 5.82 Å². The van der Waals surface area contributed by atoms with Gasteiger partial charge in [0.1, 0.15) is 5.82 Å². The molecule has 4 rings (SSSR count). The van der Waals surface area contributed by atoms with Crippen LogP contribution in [0.4, 0.5) is 10.1 Å². The summed E-state index contributed by atoms with van der Waals surface area (Å²) in [5, 5.41) is 0. The average molecular weight is 368 g/mol. The van der Waals surface area contributed by atoms with Gasteiger partial charge in [0.15, 0.2) is 0 Å². The maximum absolute atomic E-state index is 13.2. The Hall–Kier alpha value is -2.24. The Balaban J connectivity index is 1.45. The van der Waals surface area contributed by atoms with Crippen molar-refractivity contribution in [2.24, 2.45) is 0 Å². The summed E-state index contributed by atoms with van der Waals surface area (Å²) in [6.45, 7) is 4.43.